The van der Waals surface area contributed by atoms with Crippen molar-refractivity contribution in [1.29, 1.82) is 0 Å². The second-order valence-corrected chi connectivity index (χ2v) is 5.84. The number of aromatic carboxylic acids is 1. The number of halogens is 1. The van der Waals surface area contributed by atoms with Crippen LogP contribution in [0.3, 0.4) is 0 Å². The van der Waals surface area contributed by atoms with Crippen molar-refractivity contribution in [2.24, 2.45) is 0 Å². The number of carboxylic acids is 1. The van der Waals surface area contributed by atoms with Gasteiger partial charge in [0.15, 0.2) is 0 Å². The van der Waals surface area contributed by atoms with E-state index in [0.717, 1.165) is 5.69 Å². The summed E-state index contributed by atoms with van der Waals surface area (Å²) >= 11 is 4.72. The molecule has 0 aliphatic carbocycles. The van der Waals surface area contributed by atoms with Crippen molar-refractivity contribution in [3.05, 3.63) is 44.8 Å². The number of anilines is 1. The molecule has 0 aliphatic rings. The summed E-state index contributed by atoms with van der Waals surface area (Å²) in [6.07, 6.45) is 0. The van der Waals surface area contributed by atoms with Gasteiger partial charge in [-0.05, 0) is 34.1 Å². The standard InChI is InChI=1S/C13H12BrN3O3S/c1-17(5-9-6-21-7-15-9)13(20)16-11-3-2-8(12(18)19)4-10(11)14/h2-4,6-7H,5H2,1H3,(H,16,20)(H,18,19). The average Bonchev–Trinajstić information content (AvgIpc) is 2.93. The van der Waals surface area contributed by atoms with Gasteiger partial charge >= 0.3 is 12.0 Å². The molecule has 21 heavy (non-hydrogen) atoms. The van der Waals surface area contributed by atoms with Crippen LogP contribution >= 0.6 is 27.3 Å². The van der Waals surface area contributed by atoms with Gasteiger partial charge in [-0.15, -0.1) is 11.3 Å². The van der Waals surface area contributed by atoms with E-state index in [1.165, 1.54) is 28.4 Å². The first kappa shape index (κ1) is 15.5. The van der Waals surface area contributed by atoms with Crippen LogP contribution in [0.4, 0.5) is 10.5 Å². The van der Waals surface area contributed by atoms with Gasteiger partial charge in [0.1, 0.15) is 0 Å². The van der Waals surface area contributed by atoms with Crippen LogP contribution in [0.25, 0.3) is 0 Å². The van der Waals surface area contributed by atoms with E-state index in [1.54, 1.807) is 18.6 Å². The maximum atomic E-state index is 12.1. The monoisotopic (exact) mass is 369 g/mol. The van der Waals surface area contributed by atoms with Crippen molar-refractivity contribution in [3.8, 4) is 0 Å². The molecule has 1 aromatic carbocycles. The molecular formula is C13H12BrN3O3S. The van der Waals surface area contributed by atoms with Crippen molar-refractivity contribution >= 4 is 45.0 Å². The summed E-state index contributed by atoms with van der Waals surface area (Å²) in [7, 11) is 1.66. The zero-order valence-electron chi connectivity index (χ0n) is 11.0. The Labute approximate surface area is 133 Å². The molecule has 0 radical (unpaired) electrons. The quantitative estimate of drug-likeness (QED) is 0.866. The first-order valence-electron chi connectivity index (χ1n) is 5.89. The molecule has 2 aromatic rings. The number of carbonyl (C=O) groups excluding carboxylic acids is 1. The maximum absolute atomic E-state index is 12.1. The number of hydrogen-bond donors (Lipinski definition) is 2. The number of rotatable bonds is 4. The molecule has 2 amide bonds. The number of nitrogens with one attached hydrogen (secondary N) is 1. The zero-order chi connectivity index (χ0) is 15.4. The number of amides is 2. The fourth-order valence-corrected chi connectivity index (χ4v) is 2.62. The van der Waals surface area contributed by atoms with Gasteiger partial charge in [0, 0.05) is 16.9 Å². The minimum Gasteiger partial charge on any atom is -0.478 e. The topological polar surface area (TPSA) is 82.5 Å². The Bertz CT molecular complexity index is 661. The summed E-state index contributed by atoms with van der Waals surface area (Å²) in [5, 5.41) is 13.5. The Morgan fingerprint density at radius 1 is 1.48 bits per heavy atom. The second kappa shape index (κ2) is 6.68. The van der Waals surface area contributed by atoms with Gasteiger partial charge in [-0.2, -0.15) is 0 Å². The second-order valence-electron chi connectivity index (χ2n) is 4.27. The maximum Gasteiger partial charge on any atom is 0.335 e. The minimum absolute atomic E-state index is 0.149. The number of hydrogen-bond acceptors (Lipinski definition) is 4. The summed E-state index contributed by atoms with van der Waals surface area (Å²) < 4.78 is 0.512. The molecule has 6 nitrogen and oxygen atoms in total. The van der Waals surface area contributed by atoms with E-state index in [-0.39, 0.29) is 11.6 Å². The summed E-state index contributed by atoms with van der Waals surface area (Å²) in [5.41, 5.74) is 3.19. The number of thiazole rings is 1. The third-order valence-electron chi connectivity index (χ3n) is 2.69. The summed E-state index contributed by atoms with van der Waals surface area (Å²) in [6.45, 7) is 0.403. The van der Waals surface area contributed by atoms with Gasteiger partial charge in [0.2, 0.25) is 0 Å². The number of carbonyl (C=O) groups is 2. The first-order chi connectivity index (χ1) is 9.97. The fourth-order valence-electron chi connectivity index (χ4n) is 1.59. The smallest absolute Gasteiger partial charge is 0.335 e. The molecule has 0 spiro atoms. The molecule has 0 fully saturated rings. The molecule has 2 N–H and O–H groups in total. The number of benzene rings is 1. The van der Waals surface area contributed by atoms with Gasteiger partial charge in [0.05, 0.1) is 29.0 Å². The van der Waals surface area contributed by atoms with E-state index in [0.29, 0.717) is 16.7 Å². The highest BCUT2D eigenvalue weighted by molar-refractivity contribution is 9.10. The van der Waals surface area contributed by atoms with Crippen LogP contribution in [0.5, 0.6) is 0 Å². The normalized spacial score (nSPS) is 10.2. The minimum atomic E-state index is -1.02. The van der Waals surface area contributed by atoms with Gasteiger partial charge in [0.25, 0.3) is 0 Å². The van der Waals surface area contributed by atoms with Crippen LogP contribution in [0.15, 0.2) is 33.6 Å². The molecule has 0 bridgehead atoms. The number of carboxylic acid groups (broad SMARTS) is 1. The Hall–Kier alpha value is -1.93. The predicted octanol–water partition coefficient (Wildman–Crippen LogP) is 3.27. The van der Waals surface area contributed by atoms with Crippen LogP contribution in [0.1, 0.15) is 16.1 Å². The fraction of sp³-hybridized carbons (Fsp3) is 0.154. The zero-order valence-corrected chi connectivity index (χ0v) is 13.4. The van der Waals surface area contributed by atoms with Gasteiger partial charge < -0.3 is 15.3 Å². The Morgan fingerprint density at radius 2 is 2.24 bits per heavy atom. The molecule has 2 rings (SSSR count). The Balaban J connectivity index is 2.03. The third kappa shape index (κ3) is 4.02. The van der Waals surface area contributed by atoms with E-state index in [2.05, 4.69) is 26.2 Å². The molecule has 0 aliphatic heterocycles. The molecular weight excluding hydrogens is 358 g/mol. The van der Waals surface area contributed by atoms with Crippen molar-refractivity contribution in [3.63, 3.8) is 0 Å². The molecule has 1 aromatic heterocycles. The van der Waals surface area contributed by atoms with E-state index in [1.807, 2.05) is 5.38 Å². The predicted molar refractivity (Wildman–Crippen MR) is 83.7 cm³/mol. The van der Waals surface area contributed by atoms with E-state index in [9.17, 15) is 9.59 Å². The number of aromatic nitrogens is 1. The lowest BCUT2D eigenvalue weighted by molar-refractivity contribution is 0.0697. The molecule has 8 heteroatoms. The summed E-state index contributed by atoms with van der Waals surface area (Å²) in [4.78, 5) is 28.5. The van der Waals surface area contributed by atoms with Crippen molar-refractivity contribution in [1.82, 2.24) is 9.88 Å². The van der Waals surface area contributed by atoms with E-state index < -0.39 is 5.97 Å². The van der Waals surface area contributed by atoms with Gasteiger partial charge in [-0.1, -0.05) is 0 Å². The third-order valence-corrected chi connectivity index (χ3v) is 3.98. The molecule has 110 valence electrons. The molecule has 0 unspecified atom stereocenters. The Morgan fingerprint density at radius 3 is 2.81 bits per heavy atom. The van der Waals surface area contributed by atoms with E-state index in [4.69, 9.17) is 5.11 Å². The van der Waals surface area contributed by atoms with Crippen LogP contribution in [-0.4, -0.2) is 34.0 Å². The lowest BCUT2D eigenvalue weighted by Crippen LogP contribution is -2.31. The number of nitrogens with zero attached hydrogens (tertiary/aromatic N) is 2. The van der Waals surface area contributed by atoms with E-state index >= 15 is 0 Å². The lowest BCUT2D eigenvalue weighted by atomic mass is 10.2. The molecule has 0 atom stereocenters. The highest BCUT2D eigenvalue weighted by Gasteiger charge is 2.13. The largest absolute Gasteiger partial charge is 0.478 e. The molecule has 1 heterocycles. The van der Waals surface area contributed by atoms with Crippen molar-refractivity contribution < 1.29 is 14.7 Å². The summed E-state index contributed by atoms with van der Waals surface area (Å²) in [5.74, 6) is -1.02. The highest BCUT2D eigenvalue weighted by atomic mass is 79.9. The Kier molecular flexibility index (Phi) is 4.92. The summed E-state index contributed by atoms with van der Waals surface area (Å²) in [6, 6.07) is 4.12. The average molecular weight is 370 g/mol. The van der Waals surface area contributed by atoms with Crippen LogP contribution in [-0.2, 0) is 6.54 Å². The van der Waals surface area contributed by atoms with Crippen molar-refractivity contribution in [2.45, 2.75) is 6.54 Å². The first-order valence-corrected chi connectivity index (χ1v) is 7.63. The van der Waals surface area contributed by atoms with Crippen LogP contribution < -0.4 is 5.32 Å². The highest BCUT2D eigenvalue weighted by Crippen LogP contribution is 2.24. The number of urea groups is 1. The van der Waals surface area contributed by atoms with Crippen molar-refractivity contribution in [2.75, 3.05) is 12.4 Å². The molecule has 0 saturated carbocycles. The van der Waals surface area contributed by atoms with Gasteiger partial charge in [-0.3, -0.25) is 0 Å². The lowest BCUT2D eigenvalue weighted by Gasteiger charge is -2.17. The van der Waals surface area contributed by atoms with Crippen LogP contribution in [0, 0.1) is 0 Å². The SMILES string of the molecule is CN(Cc1cscn1)C(=O)Nc1ccc(C(=O)O)cc1Br. The van der Waals surface area contributed by atoms with Crippen LogP contribution in [0.2, 0.25) is 0 Å². The van der Waals surface area contributed by atoms with Gasteiger partial charge in [-0.25, -0.2) is 14.6 Å². The molecule has 0 saturated heterocycles.